The molecule has 0 saturated heterocycles. The van der Waals surface area contributed by atoms with Gasteiger partial charge in [-0.25, -0.2) is 18.7 Å². The molecule has 1 amide bonds. The van der Waals surface area contributed by atoms with Crippen LogP contribution < -0.4 is 10.6 Å². The summed E-state index contributed by atoms with van der Waals surface area (Å²) in [5, 5.41) is 5.44. The van der Waals surface area contributed by atoms with Crippen molar-refractivity contribution in [3.05, 3.63) is 77.1 Å². The van der Waals surface area contributed by atoms with E-state index in [9.17, 15) is 13.6 Å². The number of aromatic nitrogens is 2. The first-order chi connectivity index (χ1) is 12.9. The number of carbonyl (C=O) groups excluding carboxylic acids is 1. The Morgan fingerprint density at radius 1 is 1.04 bits per heavy atom. The number of hydrogen-bond acceptors (Lipinski definition) is 4. The first-order valence-corrected chi connectivity index (χ1v) is 8.42. The van der Waals surface area contributed by atoms with Crippen LogP contribution in [0.4, 0.5) is 26.1 Å². The monoisotopic (exact) mass is 368 g/mol. The first-order valence-electron chi connectivity index (χ1n) is 8.42. The Hall–Kier alpha value is -3.35. The minimum Gasteiger partial charge on any atom is -0.322 e. The number of anilines is 3. The predicted molar refractivity (Wildman–Crippen MR) is 100 cm³/mol. The summed E-state index contributed by atoms with van der Waals surface area (Å²) in [6.45, 7) is 3.75. The molecule has 3 rings (SSSR count). The lowest BCUT2D eigenvalue weighted by Gasteiger charge is -2.10. The molecule has 7 heteroatoms. The molecule has 3 aromatic rings. The summed E-state index contributed by atoms with van der Waals surface area (Å²) >= 11 is 0. The highest BCUT2D eigenvalue weighted by molar-refractivity contribution is 6.03. The lowest BCUT2D eigenvalue weighted by atomic mass is 10.1. The number of halogens is 2. The summed E-state index contributed by atoms with van der Waals surface area (Å²) in [6, 6.07) is 12.2. The van der Waals surface area contributed by atoms with E-state index in [4.69, 9.17) is 0 Å². The van der Waals surface area contributed by atoms with E-state index in [0.717, 1.165) is 18.6 Å². The van der Waals surface area contributed by atoms with Crippen molar-refractivity contribution < 1.29 is 13.6 Å². The number of amides is 1. The van der Waals surface area contributed by atoms with E-state index in [-0.39, 0.29) is 17.3 Å². The lowest BCUT2D eigenvalue weighted by molar-refractivity contribution is 0.102. The Balaban J connectivity index is 1.80. The van der Waals surface area contributed by atoms with E-state index in [1.807, 2.05) is 24.3 Å². The van der Waals surface area contributed by atoms with Gasteiger partial charge >= 0.3 is 0 Å². The fraction of sp³-hybridized carbons (Fsp3) is 0.150. The van der Waals surface area contributed by atoms with Gasteiger partial charge in [-0.15, -0.1) is 0 Å². The molecular formula is C20H18F2N4O. The average Bonchev–Trinajstić information content (AvgIpc) is 2.64. The van der Waals surface area contributed by atoms with Gasteiger partial charge in [0.2, 0.25) is 5.95 Å². The third-order valence-electron chi connectivity index (χ3n) is 3.88. The van der Waals surface area contributed by atoms with Gasteiger partial charge < -0.3 is 10.6 Å². The van der Waals surface area contributed by atoms with Gasteiger partial charge in [0.25, 0.3) is 5.91 Å². The van der Waals surface area contributed by atoms with Crippen LogP contribution in [0.15, 0.2) is 48.5 Å². The zero-order chi connectivity index (χ0) is 19.4. The van der Waals surface area contributed by atoms with Gasteiger partial charge in [0.05, 0.1) is 5.69 Å². The maximum atomic E-state index is 13.8. The molecule has 1 aromatic heterocycles. The van der Waals surface area contributed by atoms with Crippen molar-refractivity contribution in [1.82, 2.24) is 9.97 Å². The van der Waals surface area contributed by atoms with Gasteiger partial charge in [-0.05, 0) is 49.2 Å². The minimum atomic E-state index is -0.776. The fourth-order valence-corrected chi connectivity index (χ4v) is 2.47. The van der Waals surface area contributed by atoms with Crippen LogP contribution in [0.5, 0.6) is 0 Å². The minimum absolute atomic E-state index is 0.0171. The molecule has 0 aliphatic heterocycles. The van der Waals surface area contributed by atoms with Crippen LogP contribution in [0, 0.1) is 18.6 Å². The van der Waals surface area contributed by atoms with Crippen LogP contribution >= 0.6 is 0 Å². The number of nitrogens with zero attached hydrogens (tertiary/aromatic N) is 2. The van der Waals surface area contributed by atoms with Gasteiger partial charge in [0.1, 0.15) is 17.3 Å². The van der Waals surface area contributed by atoms with E-state index in [2.05, 4.69) is 27.5 Å². The molecule has 0 atom stereocenters. The van der Waals surface area contributed by atoms with Gasteiger partial charge in [0.15, 0.2) is 0 Å². The quantitative estimate of drug-likeness (QED) is 0.689. The van der Waals surface area contributed by atoms with Crippen molar-refractivity contribution in [2.75, 3.05) is 10.6 Å². The third-order valence-corrected chi connectivity index (χ3v) is 3.88. The fourth-order valence-electron chi connectivity index (χ4n) is 2.47. The number of rotatable bonds is 5. The molecule has 0 bridgehead atoms. The second-order valence-corrected chi connectivity index (χ2v) is 5.97. The van der Waals surface area contributed by atoms with Crippen LogP contribution in [0.3, 0.4) is 0 Å². The molecule has 2 N–H and O–H groups in total. The summed E-state index contributed by atoms with van der Waals surface area (Å²) in [5.74, 6) is -1.82. The summed E-state index contributed by atoms with van der Waals surface area (Å²) in [4.78, 5) is 20.8. The molecular weight excluding hydrogens is 350 g/mol. The molecule has 0 aliphatic carbocycles. The number of aryl methyl sites for hydroxylation is 2. The van der Waals surface area contributed by atoms with Crippen molar-refractivity contribution in [3.63, 3.8) is 0 Å². The van der Waals surface area contributed by atoms with Gasteiger partial charge in [-0.2, -0.15) is 0 Å². The van der Waals surface area contributed by atoms with Gasteiger partial charge in [-0.3, -0.25) is 4.79 Å². The molecule has 27 heavy (non-hydrogen) atoms. The SMILES string of the molecule is CCc1ccc(NC(=O)c2cc(C)nc(Nc3ccc(F)cc3F)n2)cc1. The third kappa shape index (κ3) is 4.63. The topological polar surface area (TPSA) is 66.9 Å². The Labute approximate surface area is 155 Å². The lowest BCUT2D eigenvalue weighted by Crippen LogP contribution is -2.15. The zero-order valence-electron chi connectivity index (χ0n) is 14.9. The van der Waals surface area contributed by atoms with Crippen molar-refractivity contribution in [2.45, 2.75) is 20.3 Å². The zero-order valence-corrected chi connectivity index (χ0v) is 14.9. The standard InChI is InChI=1S/C20H18F2N4O/c1-3-13-4-7-15(8-5-13)24-19(27)18-10-12(2)23-20(26-18)25-17-9-6-14(21)11-16(17)22/h4-11H,3H2,1-2H3,(H,24,27)(H,23,25,26). The van der Waals surface area contributed by atoms with Crippen molar-refractivity contribution >= 4 is 23.2 Å². The van der Waals surface area contributed by atoms with Crippen molar-refractivity contribution in [3.8, 4) is 0 Å². The van der Waals surface area contributed by atoms with E-state index in [1.54, 1.807) is 6.92 Å². The van der Waals surface area contributed by atoms with Crippen molar-refractivity contribution in [1.29, 1.82) is 0 Å². The Morgan fingerprint density at radius 2 is 1.78 bits per heavy atom. The van der Waals surface area contributed by atoms with E-state index in [0.29, 0.717) is 11.4 Å². The normalized spacial score (nSPS) is 10.5. The first kappa shape index (κ1) is 18.4. The van der Waals surface area contributed by atoms with Gasteiger partial charge in [-0.1, -0.05) is 19.1 Å². The molecule has 0 fully saturated rings. The molecule has 5 nitrogen and oxygen atoms in total. The van der Waals surface area contributed by atoms with E-state index < -0.39 is 17.5 Å². The molecule has 1 heterocycles. The second kappa shape index (κ2) is 7.90. The molecule has 0 spiro atoms. The smallest absolute Gasteiger partial charge is 0.274 e. The van der Waals surface area contributed by atoms with Crippen LogP contribution in [-0.2, 0) is 6.42 Å². The number of benzene rings is 2. The highest BCUT2D eigenvalue weighted by Crippen LogP contribution is 2.19. The highest BCUT2D eigenvalue weighted by atomic mass is 19.1. The Morgan fingerprint density at radius 3 is 2.44 bits per heavy atom. The Kier molecular flexibility index (Phi) is 5.40. The average molecular weight is 368 g/mol. The number of nitrogens with one attached hydrogen (secondary N) is 2. The van der Waals surface area contributed by atoms with Crippen LogP contribution in [0.1, 0.15) is 28.7 Å². The summed E-state index contributed by atoms with van der Waals surface area (Å²) in [5.41, 5.74) is 2.49. The largest absolute Gasteiger partial charge is 0.322 e. The molecule has 2 aromatic carbocycles. The molecule has 0 saturated carbocycles. The van der Waals surface area contributed by atoms with Crippen molar-refractivity contribution in [2.24, 2.45) is 0 Å². The summed E-state index contributed by atoms with van der Waals surface area (Å²) in [7, 11) is 0. The molecule has 0 unspecified atom stereocenters. The maximum absolute atomic E-state index is 13.8. The maximum Gasteiger partial charge on any atom is 0.274 e. The predicted octanol–water partition coefficient (Wildman–Crippen LogP) is 4.62. The van der Waals surface area contributed by atoms with Crippen LogP contribution in [-0.4, -0.2) is 15.9 Å². The van der Waals surface area contributed by atoms with E-state index in [1.165, 1.54) is 17.7 Å². The number of carbonyl (C=O) groups is 1. The Bertz CT molecular complexity index is 974. The van der Waals surface area contributed by atoms with Crippen LogP contribution in [0.25, 0.3) is 0 Å². The summed E-state index contributed by atoms with van der Waals surface area (Å²) in [6.07, 6.45) is 0.911. The highest BCUT2D eigenvalue weighted by Gasteiger charge is 2.13. The number of hydrogen-bond donors (Lipinski definition) is 2. The van der Waals surface area contributed by atoms with Crippen LogP contribution in [0.2, 0.25) is 0 Å². The molecule has 0 aliphatic rings. The van der Waals surface area contributed by atoms with Gasteiger partial charge in [0, 0.05) is 17.4 Å². The second-order valence-electron chi connectivity index (χ2n) is 5.97. The van der Waals surface area contributed by atoms with E-state index >= 15 is 0 Å². The molecule has 138 valence electrons. The summed E-state index contributed by atoms with van der Waals surface area (Å²) < 4.78 is 26.8. The molecule has 0 radical (unpaired) electrons.